The zero-order chi connectivity index (χ0) is 28.8. The van der Waals surface area contributed by atoms with E-state index in [9.17, 15) is 0 Å². The van der Waals surface area contributed by atoms with Gasteiger partial charge in [0.05, 0.1) is 0 Å². The van der Waals surface area contributed by atoms with Gasteiger partial charge in [-0.25, -0.2) is 0 Å². The van der Waals surface area contributed by atoms with Crippen LogP contribution < -0.4 is 0 Å². The molecule has 2 heterocycles. The highest BCUT2D eigenvalue weighted by Crippen LogP contribution is 2.49. The summed E-state index contributed by atoms with van der Waals surface area (Å²) in [6.45, 7) is 0. The number of hydrogen-bond donors (Lipinski definition) is 0. The van der Waals surface area contributed by atoms with Crippen LogP contribution in [0.15, 0.2) is 154 Å². The van der Waals surface area contributed by atoms with Crippen molar-refractivity contribution in [1.82, 2.24) is 0 Å². The molecule has 8 aromatic carbocycles. The lowest BCUT2D eigenvalue weighted by atomic mass is 9.84. The van der Waals surface area contributed by atoms with Crippen molar-refractivity contribution < 1.29 is 8.83 Å². The van der Waals surface area contributed by atoms with E-state index in [1.807, 2.05) is 18.2 Å². The highest BCUT2D eigenvalue weighted by molar-refractivity contribution is 6.28. The van der Waals surface area contributed by atoms with Crippen molar-refractivity contribution in [1.29, 1.82) is 0 Å². The molecular weight excluding hydrogens is 536 g/mol. The number of hydrogen-bond acceptors (Lipinski definition) is 2. The van der Waals surface area contributed by atoms with Crippen LogP contribution in [-0.2, 0) is 0 Å². The van der Waals surface area contributed by atoms with E-state index in [-0.39, 0.29) is 0 Å². The first-order chi connectivity index (χ1) is 21.8. The molecule has 0 saturated heterocycles. The molecule has 0 radical (unpaired) electrons. The Hall–Kier alpha value is -5.86. The zero-order valence-corrected chi connectivity index (χ0v) is 23.7. The SMILES string of the molecule is c1ccc2c(-c3c4ccccc4c(-c4ccc5c(c4)oc4ccccc45)c4ccccc34)c3oc4ccccc4c3cc2c1. The van der Waals surface area contributed by atoms with E-state index >= 15 is 0 Å². The van der Waals surface area contributed by atoms with Crippen molar-refractivity contribution in [3.8, 4) is 22.3 Å². The molecule has 0 bridgehead atoms. The van der Waals surface area contributed by atoms with Crippen LogP contribution in [0.5, 0.6) is 0 Å². The summed E-state index contributed by atoms with van der Waals surface area (Å²) in [7, 11) is 0. The van der Waals surface area contributed by atoms with Gasteiger partial charge in [0.1, 0.15) is 22.3 Å². The Balaban J connectivity index is 1.38. The summed E-state index contributed by atoms with van der Waals surface area (Å²) in [5.41, 5.74) is 8.34. The molecule has 0 N–H and O–H groups in total. The van der Waals surface area contributed by atoms with Gasteiger partial charge in [0, 0.05) is 32.7 Å². The Labute approximate surface area is 252 Å². The van der Waals surface area contributed by atoms with Crippen molar-refractivity contribution in [2.24, 2.45) is 0 Å². The Morgan fingerprint density at radius 1 is 0.295 bits per heavy atom. The third kappa shape index (κ3) is 3.20. The van der Waals surface area contributed by atoms with Gasteiger partial charge in [-0.3, -0.25) is 0 Å². The first kappa shape index (κ1) is 23.7. The second kappa shape index (κ2) is 8.82. The van der Waals surface area contributed by atoms with Gasteiger partial charge in [-0.05, 0) is 73.8 Å². The van der Waals surface area contributed by atoms with Crippen LogP contribution in [0.4, 0.5) is 0 Å². The van der Waals surface area contributed by atoms with Crippen molar-refractivity contribution in [2.75, 3.05) is 0 Å². The predicted octanol–water partition coefficient (Wildman–Crippen LogP) is 12.3. The summed E-state index contributed by atoms with van der Waals surface area (Å²) in [6.07, 6.45) is 0. The summed E-state index contributed by atoms with van der Waals surface area (Å²) >= 11 is 0. The largest absolute Gasteiger partial charge is 0.456 e. The van der Waals surface area contributed by atoms with Gasteiger partial charge in [0.2, 0.25) is 0 Å². The second-order valence-electron chi connectivity index (χ2n) is 11.6. The highest BCUT2D eigenvalue weighted by atomic mass is 16.3. The average molecular weight is 561 g/mol. The minimum atomic E-state index is 0.902. The molecule has 10 aromatic rings. The molecular formula is C42H24O2. The molecule has 0 spiro atoms. The lowest BCUT2D eigenvalue weighted by molar-refractivity contribution is 0.669. The summed E-state index contributed by atoms with van der Waals surface area (Å²) in [6, 6.07) is 51.8. The van der Waals surface area contributed by atoms with Crippen LogP contribution >= 0.6 is 0 Å². The molecule has 0 amide bonds. The van der Waals surface area contributed by atoms with E-state index in [4.69, 9.17) is 8.83 Å². The number of rotatable bonds is 2. The van der Waals surface area contributed by atoms with E-state index < -0.39 is 0 Å². The first-order valence-electron chi connectivity index (χ1n) is 15.0. The minimum Gasteiger partial charge on any atom is -0.456 e. The fourth-order valence-electron chi connectivity index (χ4n) is 7.36. The molecule has 0 unspecified atom stereocenters. The van der Waals surface area contributed by atoms with E-state index in [0.29, 0.717) is 0 Å². The standard InChI is InChI=1S/C42H24O2/c1-2-12-27-25(11-1)23-35-29-14-8-10-20-37(29)44-42(35)41(27)40-33-17-5-3-15-31(33)39(32-16-4-6-18-34(32)40)26-21-22-30-28-13-7-9-19-36(28)43-38(30)24-26/h1-24H. The van der Waals surface area contributed by atoms with Crippen LogP contribution in [0, 0.1) is 0 Å². The molecule has 204 valence electrons. The monoisotopic (exact) mass is 560 g/mol. The molecule has 0 fully saturated rings. The lowest BCUT2D eigenvalue weighted by Gasteiger charge is -2.19. The van der Waals surface area contributed by atoms with Gasteiger partial charge in [-0.1, -0.05) is 115 Å². The fourth-order valence-corrected chi connectivity index (χ4v) is 7.36. The number of furan rings is 2. The van der Waals surface area contributed by atoms with E-state index in [0.717, 1.165) is 55.0 Å². The number of benzene rings is 8. The van der Waals surface area contributed by atoms with Crippen LogP contribution in [0.25, 0.3) is 98.4 Å². The Kier molecular flexibility index (Phi) is 4.75. The summed E-state index contributed by atoms with van der Waals surface area (Å²) < 4.78 is 13.1. The molecule has 0 aliphatic heterocycles. The van der Waals surface area contributed by atoms with E-state index in [2.05, 4.69) is 127 Å². The number of fused-ring (bicyclic) bond motifs is 9. The molecule has 44 heavy (non-hydrogen) atoms. The normalized spacial score (nSPS) is 12.1. The summed E-state index contributed by atoms with van der Waals surface area (Å²) in [5, 5.41) is 11.7. The van der Waals surface area contributed by atoms with Crippen molar-refractivity contribution in [3.63, 3.8) is 0 Å². The van der Waals surface area contributed by atoms with Crippen LogP contribution in [0.1, 0.15) is 0 Å². The minimum absolute atomic E-state index is 0.902. The highest BCUT2D eigenvalue weighted by Gasteiger charge is 2.23. The molecule has 0 saturated carbocycles. The maximum atomic E-state index is 6.72. The summed E-state index contributed by atoms with van der Waals surface area (Å²) in [5.74, 6) is 0. The predicted molar refractivity (Wildman–Crippen MR) is 184 cm³/mol. The van der Waals surface area contributed by atoms with Crippen molar-refractivity contribution in [2.45, 2.75) is 0 Å². The smallest absolute Gasteiger partial charge is 0.143 e. The van der Waals surface area contributed by atoms with Crippen LogP contribution in [0.2, 0.25) is 0 Å². The first-order valence-corrected chi connectivity index (χ1v) is 15.0. The van der Waals surface area contributed by atoms with Gasteiger partial charge in [-0.15, -0.1) is 0 Å². The molecule has 10 rings (SSSR count). The summed E-state index contributed by atoms with van der Waals surface area (Å²) in [4.78, 5) is 0. The molecule has 2 aromatic heterocycles. The van der Waals surface area contributed by atoms with E-state index in [1.54, 1.807) is 0 Å². The van der Waals surface area contributed by atoms with Gasteiger partial charge >= 0.3 is 0 Å². The molecule has 0 aliphatic rings. The van der Waals surface area contributed by atoms with Crippen molar-refractivity contribution >= 4 is 76.2 Å². The molecule has 2 heteroatoms. The maximum Gasteiger partial charge on any atom is 0.143 e. The van der Waals surface area contributed by atoms with Crippen LogP contribution in [-0.4, -0.2) is 0 Å². The van der Waals surface area contributed by atoms with Gasteiger partial charge < -0.3 is 8.83 Å². The molecule has 0 aliphatic carbocycles. The Morgan fingerprint density at radius 3 is 1.48 bits per heavy atom. The second-order valence-corrected chi connectivity index (χ2v) is 11.6. The Bertz CT molecular complexity index is 2720. The third-order valence-corrected chi connectivity index (χ3v) is 9.24. The van der Waals surface area contributed by atoms with Gasteiger partial charge in [-0.2, -0.15) is 0 Å². The third-order valence-electron chi connectivity index (χ3n) is 9.24. The topological polar surface area (TPSA) is 26.3 Å². The Morgan fingerprint density at radius 2 is 0.795 bits per heavy atom. The lowest BCUT2D eigenvalue weighted by Crippen LogP contribution is -1.92. The fraction of sp³-hybridized carbons (Fsp3) is 0. The van der Waals surface area contributed by atoms with E-state index in [1.165, 1.54) is 43.4 Å². The van der Waals surface area contributed by atoms with Gasteiger partial charge in [0.15, 0.2) is 0 Å². The zero-order valence-electron chi connectivity index (χ0n) is 23.7. The number of para-hydroxylation sites is 2. The molecule has 2 nitrogen and oxygen atoms in total. The van der Waals surface area contributed by atoms with Gasteiger partial charge in [0.25, 0.3) is 0 Å². The quantitative estimate of drug-likeness (QED) is 0.197. The average Bonchev–Trinajstić information content (AvgIpc) is 3.64. The van der Waals surface area contributed by atoms with Crippen molar-refractivity contribution in [3.05, 3.63) is 146 Å². The molecule has 0 atom stereocenters. The van der Waals surface area contributed by atoms with Crippen LogP contribution in [0.3, 0.4) is 0 Å². The maximum absolute atomic E-state index is 6.72.